The summed E-state index contributed by atoms with van der Waals surface area (Å²) in [4.78, 5) is 24.1. The summed E-state index contributed by atoms with van der Waals surface area (Å²) in [5, 5.41) is 11.0. The van der Waals surface area contributed by atoms with Crippen LogP contribution in [0.2, 0.25) is 0 Å². The third-order valence-corrected chi connectivity index (χ3v) is 2.92. The summed E-state index contributed by atoms with van der Waals surface area (Å²) in [6.07, 6.45) is 2.96. The monoisotopic (exact) mass is 265 g/mol. The second kappa shape index (κ2) is 6.72. The van der Waals surface area contributed by atoms with E-state index in [1.165, 1.54) is 17.0 Å². The molecule has 1 rings (SSSR count). The molecular formula is C13H19N3O3. The lowest BCUT2D eigenvalue weighted by atomic mass is 10.1. The number of unbranched alkanes of at least 4 members (excludes halogenated alkanes) is 2. The largest absolute Gasteiger partial charge is 0.393 e. The van der Waals surface area contributed by atoms with Gasteiger partial charge >= 0.3 is 5.69 Å². The molecule has 6 heteroatoms. The number of hydrogen-bond acceptors (Lipinski definition) is 4. The molecule has 0 aliphatic rings. The van der Waals surface area contributed by atoms with Gasteiger partial charge in [-0.1, -0.05) is 25.8 Å². The van der Waals surface area contributed by atoms with Crippen LogP contribution in [-0.4, -0.2) is 29.3 Å². The number of anilines is 1. The van der Waals surface area contributed by atoms with Gasteiger partial charge in [0, 0.05) is 13.6 Å². The number of carbonyl (C=O) groups is 1. The minimum atomic E-state index is -0.609. The van der Waals surface area contributed by atoms with Crippen molar-refractivity contribution in [2.45, 2.75) is 26.2 Å². The van der Waals surface area contributed by atoms with Crippen molar-refractivity contribution in [3.05, 3.63) is 33.9 Å². The van der Waals surface area contributed by atoms with Crippen molar-refractivity contribution in [1.29, 1.82) is 0 Å². The fourth-order valence-corrected chi connectivity index (χ4v) is 1.84. The molecule has 0 saturated carbocycles. The Balaban J connectivity index is 2.93. The Kier molecular flexibility index (Phi) is 5.29. The SMILES string of the molecule is CCCCCN(C)C(=O)c1cccc(N)c1[N+](=O)[O-]. The maximum atomic E-state index is 12.2. The van der Waals surface area contributed by atoms with Crippen LogP contribution in [-0.2, 0) is 0 Å². The van der Waals surface area contributed by atoms with Gasteiger partial charge in [0.15, 0.2) is 0 Å². The first-order valence-electron chi connectivity index (χ1n) is 6.27. The smallest absolute Gasteiger partial charge is 0.304 e. The standard InChI is InChI=1S/C13H19N3O3/c1-3-4-5-9-15(2)13(17)10-7-6-8-11(14)12(10)16(18)19/h6-8H,3-5,9,14H2,1-2H3. The number of nitrogens with two attached hydrogens (primary N) is 1. The van der Waals surface area contributed by atoms with Gasteiger partial charge in [0.25, 0.3) is 5.91 Å². The first-order chi connectivity index (χ1) is 8.99. The molecule has 0 aliphatic carbocycles. The van der Waals surface area contributed by atoms with Crippen LogP contribution in [0.1, 0.15) is 36.5 Å². The van der Waals surface area contributed by atoms with Gasteiger partial charge in [0.2, 0.25) is 0 Å². The average Bonchev–Trinajstić information content (AvgIpc) is 2.37. The van der Waals surface area contributed by atoms with E-state index in [4.69, 9.17) is 5.73 Å². The zero-order valence-electron chi connectivity index (χ0n) is 11.3. The number of hydrogen-bond donors (Lipinski definition) is 1. The molecule has 0 saturated heterocycles. The highest BCUT2D eigenvalue weighted by Crippen LogP contribution is 2.26. The van der Waals surface area contributed by atoms with Crippen molar-refractivity contribution in [3.63, 3.8) is 0 Å². The van der Waals surface area contributed by atoms with E-state index < -0.39 is 4.92 Å². The molecule has 1 amide bonds. The second-order valence-electron chi connectivity index (χ2n) is 4.43. The van der Waals surface area contributed by atoms with Crippen LogP contribution >= 0.6 is 0 Å². The normalized spacial score (nSPS) is 10.2. The maximum absolute atomic E-state index is 12.2. The highest BCUT2D eigenvalue weighted by Gasteiger charge is 2.25. The number of nitrogen functional groups attached to an aromatic ring is 1. The fourth-order valence-electron chi connectivity index (χ4n) is 1.84. The van der Waals surface area contributed by atoms with Gasteiger partial charge in [-0.2, -0.15) is 0 Å². The van der Waals surface area contributed by atoms with Gasteiger partial charge in [0.1, 0.15) is 11.3 Å². The first kappa shape index (κ1) is 14.9. The fraction of sp³-hybridized carbons (Fsp3) is 0.462. The maximum Gasteiger partial charge on any atom is 0.304 e. The summed E-state index contributed by atoms with van der Waals surface area (Å²) in [6, 6.07) is 4.41. The Morgan fingerprint density at radius 3 is 2.68 bits per heavy atom. The lowest BCUT2D eigenvalue weighted by Gasteiger charge is -2.17. The number of benzene rings is 1. The molecule has 0 heterocycles. The third kappa shape index (κ3) is 3.67. The minimum Gasteiger partial charge on any atom is -0.393 e. The molecule has 0 spiro atoms. The summed E-state index contributed by atoms with van der Waals surface area (Å²) in [6.45, 7) is 2.66. The molecule has 0 aromatic heterocycles. The van der Waals surface area contributed by atoms with E-state index in [-0.39, 0.29) is 22.8 Å². The molecule has 0 radical (unpaired) electrons. The average molecular weight is 265 g/mol. The number of amides is 1. The topological polar surface area (TPSA) is 89.5 Å². The molecule has 19 heavy (non-hydrogen) atoms. The van der Waals surface area contributed by atoms with Gasteiger partial charge in [0.05, 0.1) is 4.92 Å². The first-order valence-corrected chi connectivity index (χ1v) is 6.27. The van der Waals surface area contributed by atoms with Crippen LogP contribution < -0.4 is 5.73 Å². The quantitative estimate of drug-likeness (QED) is 0.370. The number of para-hydroxylation sites is 1. The zero-order chi connectivity index (χ0) is 14.4. The Bertz CT molecular complexity index is 474. The summed E-state index contributed by atoms with van der Waals surface area (Å²) in [7, 11) is 1.64. The van der Waals surface area contributed by atoms with Crippen LogP contribution in [0.25, 0.3) is 0 Å². The number of nitrogens with zero attached hydrogens (tertiary/aromatic N) is 2. The molecule has 2 N–H and O–H groups in total. The minimum absolute atomic E-state index is 0.0119. The van der Waals surface area contributed by atoms with Gasteiger partial charge in [-0.25, -0.2) is 0 Å². The van der Waals surface area contributed by atoms with Crippen molar-refractivity contribution in [2.75, 3.05) is 19.3 Å². The molecule has 0 unspecified atom stereocenters. The molecule has 0 atom stereocenters. The Morgan fingerprint density at radius 2 is 2.11 bits per heavy atom. The number of nitro benzene ring substituents is 1. The van der Waals surface area contributed by atoms with E-state index >= 15 is 0 Å². The van der Waals surface area contributed by atoms with Crippen molar-refractivity contribution >= 4 is 17.3 Å². The van der Waals surface area contributed by atoms with Gasteiger partial charge in [-0.15, -0.1) is 0 Å². The van der Waals surface area contributed by atoms with Crippen LogP contribution in [0, 0.1) is 10.1 Å². The van der Waals surface area contributed by atoms with Crippen molar-refractivity contribution in [1.82, 2.24) is 4.90 Å². The van der Waals surface area contributed by atoms with Crippen LogP contribution in [0.4, 0.5) is 11.4 Å². The predicted molar refractivity (Wildman–Crippen MR) is 74.0 cm³/mol. The Hall–Kier alpha value is -2.11. The highest BCUT2D eigenvalue weighted by atomic mass is 16.6. The van der Waals surface area contributed by atoms with E-state index in [9.17, 15) is 14.9 Å². The highest BCUT2D eigenvalue weighted by molar-refractivity contribution is 6.00. The van der Waals surface area contributed by atoms with E-state index in [1.807, 2.05) is 0 Å². The van der Waals surface area contributed by atoms with Crippen molar-refractivity contribution in [3.8, 4) is 0 Å². The van der Waals surface area contributed by atoms with Gasteiger partial charge in [-0.05, 0) is 18.6 Å². The Morgan fingerprint density at radius 1 is 1.42 bits per heavy atom. The molecule has 0 bridgehead atoms. The van der Waals surface area contributed by atoms with Crippen LogP contribution in [0.5, 0.6) is 0 Å². The van der Waals surface area contributed by atoms with Gasteiger partial charge in [-0.3, -0.25) is 14.9 Å². The van der Waals surface area contributed by atoms with Crippen molar-refractivity contribution in [2.24, 2.45) is 0 Å². The Labute approximate surface area is 112 Å². The molecule has 6 nitrogen and oxygen atoms in total. The molecule has 1 aromatic carbocycles. The summed E-state index contributed by atoms with van der Waals surface area (Å²) in [5.74, 6) is -0.366. The van der Waals surface area contributed by atoms with Crippen molar-refractivity contribution < 1.29 is 9.72 Å². The summed E-state index contributed by atoms with van der Waals surface area (Å²) >= 11 is 0. The van der Waals surface area contributed by atoms with E-state index in [2.05, 4.69) is 6.92 Å². The van der Waals surface area contributed by atoms with Gasteiger partial charge < -0.3 is 10.6 Å². The predicted octanol–water partition coefficient (Wildman–Crippen LogP) is 2.44. The van der Waals surface area contributed by atoms with E-state index in [0.717, 1.165) is 19.3 Å². The number of nitro groups is 1. The molecule has 104 valence electrons. The van der Waals surface area contributed by atoms with E-state index in [1.54, 1.807) is 13.1 Å². The van der Waals surface area contributed by atoms with Crippen LogP contribution in [0.15, 0.2) is 18.2 Å². The molecule has 0 aliphatic heterocycles. The second-order valence-corrected chi connectivity index (χ2v) is 4.43. The zero-order valence-corrected chi connectivity index (χ0v) is 11.3. The summed E-state index contributed by atoms with van der Waals surface area (Å²) in [5.41, 5.74) is 5.32. The van der Waals surface area contributed by atoms with Crippen LogP contribution in [0.3, 0.4) is 0 Å². The lowest BCUT2D eigenvalue weighted by molar-refractivity contribution is -0.384. The lowest BCUT2D eigenvalue weighted by Crippen LogP contribution is -2.28. The summed E-state index contributed by atoms with van der Waals surface area (Å²) < 4.78 is 0. The number of rotatable bonds is 6. The molecular weight excluding hydrogens is 246 g/mol. The van der Waals surface area contributed by atoms with E-state index in [0.29, 0.717) is 6.54 Å². The third-order valence-electron chi connectivity index (χ3n) is 2.92. The number of carbonyl (C=O) groups excluding carboxylic acids is 1. The molecule has 0 fully saturated rings. The molecule has 1 aromatic rings.